The Bertz CT molecular complexity index is 377. The molecule has 0 aliphatic rings. The van der Waals surface area contributed by atoms with Gasteiger partial charge in [-0.25, -0.2) is 0 Å². The van der Waals surface area contributed by atoms with Crippen molar-refractivity contribution in [2.45, 2.75) is 26.8 Å². The van der Waals surface area contributed by atoms with Crippen LogP contribution in [-0.4, -0.2) is 18.6 Å². The molecular formula is C12H16ClNO2. The molecule has 1 N–H and O–H groups in total. The lowest BCUT2D eigenvalue weighted by Gasteiger charge is -2.11. The van der Waals surface area contributed by atoms with Crippen LogP contribution in [0.5, 0.6) is 5.75 Å². The van der Waals surface area contributed by atoms with Gasteiger partial charge in [-0.2, -0.15) is 0 Å². The van der Waals surface area contributed by atoms with Crippen molar-refractivity contribution in [1.82, 2.24) is 5.32 Å². The van der Waals surface area contributed by atoms with Crippen LogP contribution in [0.4, 0.5) is 0 Å². The molecule has 0 radical (unpaired) electrons. The van der Waals surface area contributed by atoms with Gasteiger partial charge in [0, 0.05) is 6.04 Å². The first-order valence-corrected chi connectivity index (χ1v) is 5.55. The molecular weight excluding hydrogens is 226 g/mol. The summed E-state index contributed by atoms with van der Waals surface area (Å²) in [5, 5.41) is 3.26. The average Bonchev–Trinajstić information content (AvgIpc) is 2.18. The smallest absolute Gasteiger partial charge is 0.258 e. The molecule has 0 aliphatic carbocycles. The van der Waals surface area contributed by atoms with E-state index >= 15 is 0 Å². The van der Waals surface area contributed by atoms with Crippen molar-refractivity contribution in [3.63, 3.8) is 0 Å². The van der Waals surface area contributed by atoms with Crippen molar-refractivity contribution >= 4 is 17.5 Å². The number of hydrogen-bond acceptors (Lipinski definition) is 2. The summed E-state index contributed by atoms with van der Waals surface area (Å²) in [6, 6.07) is 5.57. The number of benzene rings is 1. The van der Waals surface area contributed by atoms with Gasteiger partial charge in [0.15, 0.2) is 6.61 Å². The standard InChI is InChI=1S/C12H16ClNO2/c1-8(2)14-12(15)7-16-11-6-9(3)4-5-10(11)13/h4-6,8H,7H2,1-3H3,(H,14,15). The minimum Gasteiger partial charge on any atom is -0.482 e. The SMILES string of the molecule is Cc1ccc(Cl)c(OCC(=O)NC(C)C)c1. The van der Waals surface area contributed by atoms with Crippen LogP contribution >= 0.6 is 11.6 Å². The second kappa shape index (κ2) is 5.75. The Morgan fingerprint density at radius 3 is 2.81 bits per heavy atom. The van der Waals surface area contributed by atoms with Crippen molar-refractivity contribution in [1.29, 1.82) is 0 Å². The van der Waals surface area contributed by atoms with Crippen molar-refractivity contribution < 1.29 is 9.53 Å². The normalized spacial score (nSPS) is 10.3. The quantitative estimate of drug-likeness (QED) is 0.880. The highest BCUT2D eigenvalue weighted by molar-refractivity contribution is 6.32. The van der Waals surface area contributed by atoms with Gasteiger partial charge in [-0.05, 0) is 38.5 Å². The van der Waals surface area contributed by atoms with Crippen molar-refractivity contribution in [3.05, 3.63) is 28.8 Å². The zero-order valence-corrected chi connectivity index (χ0v) is 10.5. The van der Waals surface area contributed by atoms with E-state index in [9.17, 15) is 4.79 Å². The largest absolute Gasteiger partial charge is 0.482 e. The average molecular weight is 242 g/mol. The first-order valence-electron chi connectivity index (χ1n) is 5.17. The molecule has 88 valence electrons. The summed E-state index contributed by atoms with van der Waals surface area (Å²) in [6.45, 7) is 5.73. The molecule has 0 aromatic heterocycles. The molecule has 16 heavy (non-hydrogen) atoms. The number of ether oxygens (including phenoxy) is 1. The molecule has 0 fully saturated rings. The third kappa shape index (κ3) is 4.11. The Morgan fingerprint density at radius 1 is 1.50 bits per heavy atom. The van der Waals surface area contributed by atoms with E-state index in [4.69, 9.17) is 16.3 Å². The molecule has 3 nitrogen and oxygen atoms in total. The van der Waals surface area contributed by atoms with Crippen LogP contribution in [-0.2, 0) is 4.79 Å². The maximum atomic E-state index is 11.3. The van der Waals surface area contributed by atoms with Gasteiger partial charge in [0.05, 0.1) is 5.02 Å². The number of nitrogens with one attached hydrogen (secondary N) is 1. The maximum absolute atomic E-state index is 11.3. The number of carbonyl (C=O) groups is 1. The third-order valence-corrected chi connectivity index (χ3v) is 2.21. The molecule has 1 rings (SSSR count). The number of rotatable bonds is 4. The lowest BCUT2D eigenvalue weighted by atomic mass is 10.2. The number of halogens is 1. The summed E-state index contributed by atoms with van der Waals surface area (Å²) in [4.78, 5) is 11.3. The van der Waals surface area contributed by atoms with Gasteiger partial charge in [0.2, 0.25) is 0 Å². The molecule has 1 amide bonds. The predicted molar refractivity (Wildman–Crippen MR) is 65.0 cm³/mol. The Kier molecular flexibility index (Phi) is 4.62. The summed E-state index contributed by atoms with van der Waals surface area (Å²) in [5.41, 5.74) is 1.05. The van der Waals surface area contributed by atoms with Gasteiger partial charge in [0.25, 0.3) is 5.91 Å². The Labute approximate surface area is 101 Å². The molecule has 0 saturated carbocycles. The summed E-state index contributed by atoms with van der Waals surface area (Å²) < 4.78 is 5.34. The van der Waals surface area contributed by atoms with Gasteiger partial charge < -0.3 is 10.1 Å². The Hall–Kier alpha value is -1.22. The highest BCUT2D eigenvalue weighted by atomic mass is 35.5. The zero-order chi connectivity index (χ0) is 12.1. The minimum absolute atomic E-state index is 0.0125. The van der Waals surface area contributed by atoms with Crippen LogP contribution in [0.25, 0.3) is 0 Å². The molecule has 0 saturated heterocycles. The van der Waals surface area contributed by atoms with E-state index in [-0.39, 0.29) is 18.6 Å². The minimum atomic E-state index is -0.146. The molecule has 0 unspecified atom stereocenters. The first kappa shape index (κ1) is 12.8. The van der Waals surface area contributed by atoms with Gasteiger partial charge in [0.1, 0.15) is 5.75 Å². The molecule has 4 heteroatoms. The lowest BCUT2D eigenvalue weighted by Crippen LogP contribution is -2.34. The predicted octanol–water partition coefficient (Wildman–Crippen LogP) is 2.55. The third-order valence-electron chi connectivity index (χ3n) is 1.90. The fourth-order valence-electron chi connectivity index (χ4n) is 1.23. The van der Waals surface area contributed by atoms with E-state index < -0.39 is 0 Å². The molecule has 1 aromatic carbocycles. The summed E-state index contributed by atoms with van der Waals surface area (Å²) in [6.07, 6.45) is 0. The van der Waals surface area contributed by atoms with E-state index in [0.29, 0.717) is 10.8 Å². The number of aryl methyl sites for hydroxylation is 1. The van der Waals surface area contributed by atoms with Crippen molar-refractivity contribution in [3.8, 4) is 5.75 Å². The van der Waals surface area contributed by atoms with Crippen LogP contribution < -0.4 is 10.1 Å². The molecule has 0 spiro atoms. The molecule has 0 atom stereocenters. The second-order valence-corrected chi connectivity index (χ2v) is 4.35. The second-order valence-electron chi connectivity index (χ2n) is 3.94. The zero-order valence-electron chi connectivity index (χ0n) is 9.71. The maximum Gasteiger partial charge on any atom is 0.258 e. The van der Waals surface area contributed by atoms with Gasteiger partial charge in [-0.3, -0.25) is 4.79 Å². The van der Waals surface area contributed by atoms with Crippen LogP contribution in [0.2, 0.25) is 5.02 Å². The van der Waals surface area contributed by atoms with Crippen LogP contribution in [0.15, 0.2) is 18.2 Å². The lowest BCUT2D eigenvalue weighted by molar-refractivity contribution is -0.123. The number of hydrogen-bond donors (Lipinski definition) is 1. The van der Waals surface area contributed by atoms with E-state index in [2.05, 4.69) is 5.32 Å². The van der Waals surface area contributed by atoms with Crippen LogP contribution in [0.1, 0.15) is 19.4 Å². The molecule has 0 bridgehead atoms. The summed E-state index contributed by atoms with van der Waals surface area (Å²) in [5.74, 6) is 0.396. The van der Waals surface area contributed by atoms with Gasteiger partial charge in [-0.1, -0.05) is 17.7 Å². The molecule has 0 aliphatic heterocycles. The monoisotopic (exact) mass is 241 g/mol. The molecule has 1 aromatic rings. The van der Waals surface area contributed by atoms with Gasteiger partial charge >= 0.3 is 0 Å². The summed E-state index contributed by atoms with van der Waals surface area (Å²) >= 11 is 5.93. The number of amides is 1. The topological polar surface area (TPSA) is 38.3 Å². The van der Waals surface area contributed by atoms with Crippen molar-refractivity contribution in [2.24, 2.45) is 0 Å². The Morgan fingerprint density at radius 2 is 2.19 bits per heavy atom. The van der Waals surface area contributed by atoms with Crippen LogP contribution in [0.3, 0.4) is 0 Å². The molecule has 0 heterocycles. The fraction of sp³-hybridized carbons (Fsp3) is 0.417. The van der Waals surface area contributed by atoms with Gasteiger partial charge in [-0.15, -0.1) is 0 Å². The highest BCUT2D eigenvalue weighted by Crippen LogP contribution is 2.24. The number of carbonyl (C=O) groups excluding carboxylic acids is 1. The van der Waals surface area contributed by atoms with E-state index in [1.807, 2.05) is 32.9 Å². The van der Waals surface area contributed by atoms with Crippen LogP contribution in [0, 0.1) is 6.92 Å². The van der Waals surface area contributed by atoms with E-state index in [1.54, 1.807) is 6.07 Å². The first-order chi connectivity index (χ1) is 7.49. The van der Waals surface area contributed by atoms with Crippen molar-refractivity contribution in [2.75, 3.05) is 6.61 Å². The highest BCUT2D eigenvalue weighted by Gasteiger charge is 2.06. The Balaban J connectivity index is 2.54. The van der Waals surface area contributed by atoms with E-state index in [1.165, 1.54) is 0 Å². The fourth-order valence-corrected chi connectivity index (χ4v) is 1.40. The summed E-state index contributed by atoms with van der Waals surface area (Å²) in [7, 11) is 0. The van der Waals surface area contributed by atoms with E-state index in [0.717, 1.165) is 5.56 Å².